The molecule has 0 fully saturated rings. The third kappa shape index (κ3) is 2.69. The number of carbonyl (C=O) groups excluding carboxylic acids is 2. The molecule has 0 saturated heterocycles. The van der Waals surface area contributed by atoms with Gasteiger partial charge >= 0.3 is 5.97 Å². The van der Waals surface area contributed by atoms with E-state index in [0.29, 0.717) is 0 Å². The van der Waals surface area contributed by atoms with Gasteiger partial charge in [0.15, 0.2) is 6.04 Å². The molecular weight excluding hydrogens is 185 g/mol. The Hall–Kier alpha value is -0.780. The van der Waals surface area contributed by atoms with Gasteiger partial charge in [0.1, 0.15) is 0 Å². The minimum atomic E-state index is -1.25. The molecule has 4 nitrogen and oxygen atoms in total. The number of hydrogen-bond acceptors (Lipinski definition) is 4. The molecule has 0 aromatic carbocycles. The smallest absolute Gasteiger partial charge is 0.332 e. The largest absolute Gasteiger partial charge is 0.467 e. The Morgan fingerprint density at radius 3 is 2.42 bits per heavy atom. The molecular formula is C6H10FNO3S. The first kappa shape index (κ1) is 11.2. The van der Waals surface area contributed by atoms with Gasteiger partial charge < -0.3 is 4.74 Å². The summed E-state index contributed by atoms with van der Waals surface area (Å²) in [6.07, 6.45) is 0. The highest BCUT2D eigenvalue weighted by Gasteiger charge is 2.27. The summed E-state index contributed by atoms with van der Waals surface area (Å²) in [6.45, 7) is 1.01. The molecule has 0 aromatic rings. The molecule has 0 aliphatic carbocycles. The Morgan fingerprint density at radius 2 is 2.17 bits per heavy atom. The maximum Gasteiger partial charge on any atom is 0.332 e. The zero-order valence-corrected chi connectivity index (χ0v) is 7.68. The molecule has 0 bridgehead atoms. The average Bonchev–Trinajstić information content (AvgIpc) is 2.05. The van der Waals surface area contributed by atoms with E-state index in [-0.39, 0.29) is 10.9 Å². The van der Waals surface area contributed by atoms with Crippen molar-refractivity contribution in [2.75, 3.05) is 12.9 Å². The maximum absolute atomic E-state index is 12.8. The summed E-state index contributed by atoms with van der Waals surface area (Å²) >= 11 is 3.71. The van der Waals surface area contributed by atoms with Crippen LogP contribution in [0.15, 0.2) is 0 Å². The van der Waals surface area contributed by atoms with E-state index in [1.165, 1.54) is 0 Å². The molecule has 0 saturated carbocycles. The van der Waals surface area contributed by atoms with E-state index >= 15 is 0 Å². The van der Waals surface area contributed by atoms with Gasteiger partial charge in [0.2, 0.25) is 5.91 Å². The lowest BCUT2D eigenvalue weighted by Gasteiger charge is -2.17. The standard InChI is InChI=1S/C6H10FNO3S/c1-4(9)8(7)5(3-12)6(10)11-2/h5,12H,3H2,1-2H3. The predicted octanol–water partition coefficient (Wildman–Crippen LogP) is 0.191. The third-order valence-electron chi connectivity index (χ3n) is 1.22. The van der Waals surface area contributed by atoms with Crippen LogP contribution in [0.1, 0.15) is 6.92 Å². The van der Waals surface area contributed by atoms with Gasteiger partial charge in [-0.1, -0.05) is 4.48 Å². The van der Waals surface area contributed by atoms with Crippen molar-refractivity contribution in [2.24, 2.45) is 0 Å². The monoisotopic (exact) mass is 195 g/mol. The van der Waals surface area contributed by atoms with Crippen LogP contribution in [0.5, 0.6) is 0 Å². The van der Waals surface area contributed by atoms with Crippen molar-refractivity contribution < 1.29 is 18.8 Å². The summed E-state index contributed by atoms with van der Waals surface area (Å²) in [5, 5.41) is -0.196. The molecule has 0 heterocycles. The Balaban J connectivity index is 4.33. The number of amides is 1. The highest BCUT2D eigenvalue weighted by atomic mass is 32.1. The molecule has 0 aliphatic heterocycles. The van der Waals surface area contributed by atoms with E-state index in [1.54, 1.807) is 0 Å². The van der Waals surface area contributed by atoms with Crippen molar-refractivity contribution in [2.45, 2.75) is 13.0 Å². The fourth-order valence-corrected chi connectivity index (χ4v) is 0.887. The van der Waals surface area contributed by atoms with Crippen LogP contribution in [0.4, 0.5) is 4.48 Å². The number of carbonyl (C=O) groups is 2. The highest BCUT2D eigenvalue weighted by molar-refractivity contribution is 7.80. The quantitative estimate of drug-likeness (QED) is 0.397. The summed E-state index contributed by atoms with van der Waals surface area (Å²) in [7, 11) is 1.12. The first-order valence-electron chi connectivity index (χ1n) is 3.18. The van der Waals surface area contributed by atoms with Gasteiger partial charge in [0, 0.05) is 12.7 Å². The van der Waals surface area contributed by atoms with Crippen LogP contribution < -0.4 is 0 Å². The number of rotatable bonds is 3. The van der Waals surface area contributed by atoms with Crippen molar-refractivity contribution in [1.82, 2.24) is 5.12 Å². The van der Waals surface area contributed by atoms with Crippen LogP contribution in [0.2, 0.25) is 0 Å². The SMILES string of the molecule is COC(=O)C(CS)N(F)C(C)=O. The molecule has 1 unspecified atom stereocenters. The molecule has 6 heteroatoms. The number of esters is 1. The van der Waals surface area contributed by atoms with Crippen LogP contribution >= 0.6 is 12.6 Å². The maximum atomic E-state index is 12.8. The Morgan fingerprint density at radius 1 is 1.67 bits per heavy atom. The first-order chi connectivity index (χ1) is 5.54. The van der Waals surface area contributed by atoms with E-state index in [9.17, 15) is 14.1 Å². The van der Waals surface area contributed by atoms with Crippen LogP contribution in [-0.4, -0.2) is 35.9 Å². The number of methoxy groups -OCH3 is 1. The third-order valence-corrected chi connectivity index (χ3v) is 1.57. The van der Waals surface area contributed by atoms with Crippen LogP contribution in [0, 0.1) is 0 Å². The molecule has 0 aromatic heterocycles. The summed E-state index contributed by atoms with van der Waals surface area (Å²) < 4.78 is 17.0. The van der Waals surface area contributed by atoms with E-state index in [0.717, 1.165) is 14.0 Å². The lowest BCUT2D eigenvalue weighted by atomic mass is 10.3. The highest BCUT2D eigenvalue weighted by Crippen LogP contribution is 2.04. The molecule has 1 amide bonds. The zero-order chi connectivity index (χ0) is 9.72. The minimum absolute atomic E-state index is 0.108. The second kappa shape index (κ2) is 4.97. The van der Waals surface area contributed by atoms with Crippen LogP contribution in [-0.2, 0) is 14.3 Å². The fraction of sp³-hybridized carbons (Fsp3) is 0.667. The van der Waals surface area contributed by atoms with Gasteiger partial charge in [-0.05, 0) is 0 Å². The normalized spacial score (nSPS) is 12.0. The van der Waals surface area contributed by atoms with E-state index in [4.69, 9.17) is 0 Å². The van der Waals surface area contributed by atoms with Gasteiger partial charge in [-0.25, -0.2) is 4.79 Å². The summed E-state index contributed by atoms with van der Waals surface area (Å²) in [4.78, 5) is 21.3. The molecule has 0 radical (unpaired) electrons. The van der Waals surface area contributed by atoms with Crippen molar-refractivity contribution in [3.63, 3.8) is 0 Å². The van der Waals surface area contributed by atoms with Gasteiger partial charge in [-0.3, -0.25) is 4.79 Å². The number of hydrogen-bond donors (Lipinski definition) is 1. The summed E-state index contributed by atoms with van der Waals surface area (Å²) in [5.74, 6) is -1.77. The minimum Gasteiger partial charge on any atom is -0.467 e. The number of ether oxygens (including phenoxy) is 1. The fourth-order valence-electron chi connectivity index (χ4n) is 0.594. The van der Waals surface area contributed by atoms with E-state index < -0.39 is 17.9 Å². The molecule has 12 heavy (non-hydrogen) atoms. The summed E-state index contributed by atoms with van der Waals surface area (Å²) in [5.41, 5.74) is 0. The number of nitrogens with zero attached hydrogens (tertiary/aromatic N) is 1. The van der Waals surface area contributed by atoms with Gasteiger partial charge in [0.25, 0.3) is 0 Å². The summed E-state index contributed by atoms with van der Waals surface area (Å²) in [6, 6.07) is -1.25. The van der Waals surface area contributed by atoms with Crippen molar-refractivity contribution >= 4 is 24.5 Å². The van der Waals surface area contributed by atoms with Gasteiger partial charge in [-0.15, -0.1) is 0 Å². The average molecular weight is 195 g/mol. The van der Waals surface area contributed by atoms with Crippen molar-refractivity contribution in [1.29, 1.82) is 0 Å². The van der Waals surface area contributed by atoms with E-state index in [2.05, 4.69) is 17.4 Å². The molecule has 0 aliphatic rings. The van der Waals surface area contributed by atoms with Gasteiger partial charge in [0.05, 0.1) is 7.11 Å². The first-order valence-corrected chi connectivity index (χ1v) is 3.82. The molecule has 70 valence electrons. The Labute approximate surface area is 75.0 Å². The van der Waals surface area contributed by atoms with Crippen molar-refractivity contribution in [3.8, 4) is 0 Å². The Kier molecular flexibility index (Phi) is 4.65. The van der Waals surface area contributed by atoms with Crippen LogP contribution in [0.25, 0.3) is 0 Å². The second-order valence-corrected chi connectivity index (χ2v) is 2.42. The van der Waals surface area contributed by atoms with Crippen LogP contribution in [0.3, 0.4) is 0 Å². The molecule has 0 N–H and O–H groups in total. The molecule has 0 rings (SSSR count). The Bertz CT molecular complexity index is 188. The number of halogens is 1. The van der Waals surface area contributed by atoms with Crippen molar-refractivity contribution in [3.05, 3.63) is 0 Å². The molecule has 0 spiro atoms. The van der Waals surface area contributed by atoms with E-state index in [1.807, 2.05) is 0 Å². The second-order valence-electron chi connectivity index (χ2n) is 2.05. The lowest BCUT2D eigenvalue weighted by Crippen LogP contribution is -2.40. The number of thiol groups is 1. The zero-order valence-electron chi connectivity index (χ0n) is 6.78. The lowest BCUT2D eigenvalue weighted by molar-refractivity contribution is -0.164. The topological polar surface area (TPSA) is 46.6 Å². The predicted molar refractivity (Wildman–Crippen MR) is 43.3 cm³/mol. The molecule has 1 atom stereocenters. The van der Waals surface area contributed by atoms with Gasteiger partial charge in [-0.2, -0.15) is 17.8 Å².